The number of halogens is 1. The van der Waals surface area contributed by atoms with Gasteiger partial charge in [-0.2, -0.15) is 5.10 Å². The van der Waals surface area contributed by atoms with Crippen molar-refractivity contribution in [3.63, 3.8) is 0 Å². The molecule has 0 bridgehead atoms. The molecule has 2 aromatic rings. The lowest BCUT2D eigenvalue weighted by atomic mass is 10.2. The maximum absolute atomic E-state index is 12.3. The fourth-order valence-corrected chi connectivity index (χ4v) is 3.04. The number of hydrogen-bond donors (Lipinski definition) is 2. The summed E-state index contributed by atoms with van der Waals surface area (Å²) in [5.41, 5.74) is 4.36. The molecule has 2 amide bonds. The van der Waals surface area contributed by atoms with Gasteiger partial charge in [0.15, 0.2) is 6.61 Å². The van der Waals surface area contributed by atoms with Crippen LogP contribution in [0.4, 0.5) is 5.69 Å². The lowest BCUT2D eigenvalue weighted by molar-refractivity contribution is -0.123. The molecule has 0 atom stereocenters. The van der Waals surface area contributed by atoms with Gasteiger partial charge in [-0.3, -0.25) is 9.59 Å². The summed E-state index contributed by atoms with van der Waals surface area (Å²) in [6.45, 7) is 3.39. The van der Waals surface area contributed by atoms with Crippen molar-refractivity contribution >= 4 is 39.1 Å². The van der Waals surface area contributed by atoms with Crippen molar-refractivity contribution in [2.24, 2.45) is 5.10 Å². The molecule has 0 aliphatic rings. The number of benzene rings is 2. The Morgan fingerprint density at radius 1 is 1.03 bits per heavy atom. The Hall–Kier alpha value is -3.07. The fraction of sp³-hybridized carbons (Fsp3) is 0.286. The minimum Gasteiger partial charge on any atom is -0.497 e. The first kappa shape index (κ1) is 23.2. The second-order valence-corrected chi connectivity index (χ2v) is 7.25. The molecule has 8 nitrogen and oxygen atoms in total. The molecule has 0 radical (unpaired) electrons. The van der Waals surface area contributed by atoms with Gasteiger partial charge in [0.25, 0.3) is 5.91 Å². The van der Waals surface area contributed by atoms with Crippen molar-refractivity contribution in [3.05, 3.63) is 46.4 Å². The van der Waals surface area contributed by atoms with Gasteiger partial charge >= 0.3 is 0 Å². The van der Waals surface area contributed by atoms with E-state index in [9.17, 15) is 9.59 Å². The number of rotatable bonds is 9. The standard InChI is InChI=1S/C21H24BrN3O5/c1-13-5-7-18(16(22)9-13)30-12-21(27)25-24-14(2)10-20(26)23-17-11-15(28-3)6-8-19(17)29-4/h5-9,11H,10,12H2,1-4H3,(H,23,26)(H,25,27)/b24-14+. The summed E-state index contributed by atoms with van der Waals surface area (Å²) >= 11 is 3.39. The molecule has 9 heteroatoms. The van der Waals surface area contributed by atoms with Crippen molar-refractivity contribution in [2.75, 3.05) is 26.1 Å². The summed E-state index contributed by atoms with van der Waals surface area (Å²) in [4.78, 5) is 24.2. The summed E-state index contributed by atoms with van der Waals surface area (Å²) in [5, 5.41) is 6.68. The molecule has 0 spiro atoms. The molecule has 2 rings (SSSR count). The molecule has 0 aliphatic carbocycles. The SMILES string of the molecule is COc1ccc(OC)c(NC(=O)C/C(C)=N/NC(=O)COc2ccc(C)cc2Br)c1. The van der Waals surface area contributed by atoms with Crippen LogP contribution in [0.25, 0.3) is 0 Å². The van der Waals surface area contributed by atoms with Gasteiger partial charge in [0, 0.05) is 11.8 Å². The highest BCUT2D eigenvalue weighted by atomic mass is 79.9. The zero-order valence-electron chi connectivity index (χ0n) is 17.2. The van der Waals surface area contributed by atoms with E-state index in [0.29, 0.717) is 28.6 Å². The number of hydrogen-bond acceptors (Lipinski definition) is 6. The van der Waals surface area contributed by atoms with Crippen LogP contribution in [0.1, 0.15) is 18.9 Å². The van der Waals surface area contributed by atoms with Crippen molar-refractivity contribution in [2.45, 2.75) is 20.3 Å². The molecule has 30 heavy (non-hydrogen) atoms. The number of amides is 2. The number of nitrogens with one attached hydrogen (secondary N) is 2. The Morgan fingerprint density at radius 2 is 1.77 bits per heavy atom. The lowest BCUT2D eigenvalue weighted by Gasteiger charge is -2.11. The van der Waals surface area contributed by atoms with E-state index < -0.39 is 5.91 Å². The topological polar surface area (TPSA) is 98.3 Å². The van der Waals surface area contributed by atoms with Crippen LogP contribution in [0.3, 0.4) is 0 Å². The number of carbonyl (C=O) groups is 2. The fourth-order valence-electron chi connectivity index (χ4n) is 2.43. The van der Waals surface area contributed by atoms with E-state index in [2.05, 4.69) is 31.8 Å². The highest BCUT2D eigenvalue weighted by molar-refractivity contribution is 9.10. The highest BCUT2D eigenvalue weighted by Gasteiger charge is 2.11. The predicted molar refractivity (Wildman–Crippen MR) is 118 cm³/mol. The highest BCUT2D eigenvalue weighted by Crippen LogP contribution is 2.29. The van der Waals surface area contributed by atoms with Gasteiger partial charge in [-0.1, -0.05) is 6.07 Å². The second-order valence-electron chi connectivity index (χ2n) is 6.40. The predicted octanol–water partition coefficient (Wildman–Crippen LogP) is 3.67. The molecular formula is C21H24BrN3O5. The Kier molecular flexibility index (Phi) is 8.67. The number of carbonyl (C=O) groups excluding carboxylic acids is 2. The van der Waals surface area contributed by atoms with Gasteiger partial charge < -0.3 is 19.5 Å². The van der Waals surface area contributed by atoms with E-state index in [1.807, 2.05) is 19.1 Å². The van der Waals surface area contributed by atoms with E-state index in [0.717, 1.165) is 10.0 Å². The first-order valence-electron chi connectivity index (χ1n) is 9.05. The lowest BCUT2D eigenvalue weighted by Crippen LogP contribution is -2.26. The van der Waals surface area contributed by atoms with Crippen LogP contribution < -0.4 is 25.0 Å². The molecule has 2 N–H and O–H groups in total. The van der Waals surface area contributed by atoms with Crippen LogP contribution >= 0.6 is 15.9 Å². The van der Waals surface area contributed by atoms with Crippen molar-refractivity contribution < 1.29 is 23.8 Å². The average molecular weight is 478 g/mol. The van der Waals surface area contributed by atoms with Crippen LogP contribution in [0, 0.1) is 6.92 Å². The van der Waals surface area contributed by atoms with E-state index in [1.165, 1.54) is 14.2 Å². The van der Waals surface area contributed by atoms with Gasteiger partial charge in [-0.25, -0.2) is 5.43 Å². The minimum atomic E-state index is -0.434. The van der Waals surface area contributed by atoms with E-state index in [1.54, 1.807) is 31.2 Å². The zero-order chi connectivity index (χ0) is 22.1. The molecule has 160 valence electrons. The smallest absolute Gasteiger partial charge is 0.277 e. The first-order valence-corrected chi connectivity index (χ1v) is 9.84. The van der Waals surface area contributed by atoms with Crippen molar-refractivity contribution in [1.82, 2.24) is 5.43 Å². The minimum absolute atomic E-state index is 0.00892. The third-order valence-electron chi connectivity index (χ3n) is 3.91. The summed E-state index contributed by atoms with van der Waals surface area (Å²) in [6, 6.07) is 10.6. The van der Waals surface area contributed by atoms with E-state index in [-0.39, 0.29) is 18.9 Å². The van der Waals surface area contributed by atoms with Crippen LogP contribution in [0.2, 0.25) is 0 Å². The maximum Gasteiger partial charge on any atom is 0.277 e. The summed E-state index contributed by atoms with van der Waals surface area (Å²) in [5.74, 6) is 0.909. The van der Waals surface area contributed by atoms with Crippen molar-refractivity contribution in [3.8, 4) is 17.2 Å². The molecule has 0 saturated carbocycles. The van der Waals surface area contributed by atoms with Gasteiger partial charge in [-0.15, -0.1) is 0 Å². The molecule has 0 aliphatic heterocycles. The normalized spacial score (nSPS) is 10.9. The third-order valence-corrected chi connectivity index (χ3v) is 4.53. The van der Waals surface area contributed by atoms with Gasteiger partial charge in [0.2, 0.25) is 5.91 Å². The largest absolute Gasteiger partial charge is 0.497 e. The van der Waals surface area contributed by atoms with Gasteiger partial charge in [0.05, 0.1) is 30.8 Å². The number of hydrazone groups is 1. The van der Waals surface area contributed by atoms with Crippen LogP contribution in [0.5, 0.6) is 17.2 Å². The Morgan fingerprint density at radius 3 is 2.43 bits per heavy atom. The summed E-state index contributed by atoms with van der Waals surface area (Å²) < 4.78 is 16.6. The third kappa shape index (κ3) is 7.07. The molecule has 2 aromatic carbocycles. The molecule has 0 aromatic heterocycles. The number of methoxy groups -OCH3 is 2. The summed E-state index contributed by atoms with van der Waals surface area (Å²) in [7, 11) is 3.05. The van der Waals surface area contributed by atoms with E-state index in [4.69, 9.17) is 14.2 Å². The van der Waals surface area contributed by atoms with Gasteiger partial charge in [-0.05, 0) is 59.6 Å². The quantitative estimate of drug-likeness (QED) is 0.424. The number of nitrogens with zero attached hydrogens (tertiary/aromatic N) is 1. The monoisotopic (exact) mass is 477 g/mol. The molecule has 0 saturated heterocycles. The van der Waals surface area contributed by atoms with Crippen molar-refractivity contribution in [1.29, 1.82) is 0 Å². The summed E-state index contributed by atoms with van der Waals surface area (Å²) in [6.07, 6.45) is -0.00892. The maximum atomic E-state index is 12.3. The number of ether oxygens (including phenoxy) is 3. The Balaban J connectivity index is 1.85. The van der Waals surface area contributed by atoms with E-state index >= 15 is 0 Å². The van der Waals surface area contributed by atoms with Crippen LogP contribution in [-0.4, -0.2) is 38.4 Å². The van der Waals surface area contributed by atoms with Crippen LogP contribution in [0.15, 0.2) is 46.0 Å². The first-order chi connectivity index (χ1) is 14.3. The molecule has 0 heterocycles. The van der Waals surface area contributed by atoms with Gasteiger partial charge in [0.1, 0.15) is 17.2 Å². The molecular weight excluding hydrogens is 454 g/mol. The Bertz CT molecular complexity index is 946. The average Bonchev–Trinajstić information content (AvgIpc) is 2.71. The zero-order valence-corrected chi connectivity index (χ0v) is 18.8. The second kappa shape index (κ2) is 11.2. The molecule has 0 fully saturated rings. The number of anilines is 1. The van der Waals surface area contributed by atoms with Crippen LogP contribution in [-0.2, 0) is 9.59 Å². The Labute approximate surface area is 183 Å². The number of aryl methyl sites for hydroxylation is 1. The molecule has 0 unspecified atom stereocenters.